The van der Waals surface area contributed by atoms with Gasteiger partial charge in [0.05, 0.1) is 24.5 Å². The van der Waals surface area contributed by atoms with Gasteiger partial charge in [-0.25, -0.2) is 13.1 Å². The number of fused-ring (bicyclic) bond motifs is 1. The monoisotopic (exact) mass is 772 g/mol. The molecule has 6 N–H and O–H groups in total. The molecule has 12 nitrogen and oxygen atoms in total. The van der Waals surface area contributed by atoms with Gasteiger partial charge in [0, 0.05) is 59.3 Å². The summed E-state index contributed by atoms with van der Waals surface area (Å²) in [5.74, 6) is -1.17. The Labute approximate surface area is 320 Å². The minimum Gasteiger partial charge on any atom is -0.494 e. The Hall–Kier alpha value is -5.37. The molecule has 14 heteroatoms. The van der Waals surface area contributed by atoms with Crippen molar-refractivity contribution >= 4 is 55.6 Å². The first-order valence-electron chi connectivity index (χ1n) is 17.4. The van der Waals surface area contributed by atoms with Crippen molar-refractivity contribution in [3.63, 3.8) is 0 Å². The summed E-state index contributed by atoms with van der Waals surface area (Å²) in [6.07, 6.45) is 2.62. The molecule has 5 rings (SSSR count). The number of H-pyrrole nitrogens is 1. The molecular formula is C40H45ClN6O6S. The molecule has 2 heterocycles. The average Bonchev–Trinajstić information content (AvgIpc) is 3.77. The predicted octanol–water partition coefficient (Wildman–Crippen LogP) is 5.54. The molecule has 0 bridgehead atoms. The number of benzene rings is 3. The highest BCUT2D eigenvalue weighted by Crippen LogP contribution is 2.32. The van der Waals surface area contributed by atoms with Crippen LogP contribution in [0.1, 0.15) is 62.1 Å². The van der Waals surface area contributed by atoms with E-state index in [-0.39, 0.29) is 17.9 Å². The van der Waals surface area contributed by atoms with E-state index in [1.807, 2.05) is 62.4 Å². The van der Waals surface area contributed by atoms with Gasteiger partial charge in [-0.2, -0.15) is 0 Å². The van der Waals surface area contributed by atoms with Gasteiger partial charge in [0.2, 0.25) is 10.0 Å². The first kappa shape index (κ1) is 39.8. The first-order chi connectivity index (χ1) is 25.8. The van der Waals surface area contributed by atoms with Crippen LogP contribution >= 0.6 is 11.6 Å². The molecule has 2 aromatic heterocycles. The molecule has 0 aliphatic rings. The van der Waals surface area contributed by atoms with Crippen LogP contribution in [0.25, 0.3) is 16.5 Å². The average molecular weight is 773 g/mol. The Kier molecular flexibility index (Phi) is 13.0. The smallest absolute Gasteiger partial charge is 0.281 e. The van der Waals surface area contributed by atoms with Crippen molar-refractivity contribution in [3.05, 3.63) is 129 Å². The second-order valence-corrected chi connectivity index (χ2v) is 15.1. The topological polar surface area (TPSA) is 181 Å². The quantitative estimate of drug-likeness (QED) is 0.0645. The van der Waals surface area contributed by atoms with E-state index in [4.69, 9.17) is 22.1 Å². The van der Waals surface area contributed by atoms with Crippen LogP contribution in [0.4, 0.5) is 0 Å². The van der Waals surface area contributed by atoms with Crippen LogP contribution in [0, 0.1) is 13.8 Å². The molecule has 54 heavy (non-hydrogen) atoms. The molecule has 0 fully saturated rings. The summed E-state index contributed by atoms with van der Waals surface area (Å²) >= 11 is 6.32. The van der Waals surface area contributed by atoms with Crippen molar-refractivity contribution in [2.45, 2.75) is 40.2 Å². The number of aromatic nitrogens is 2. The number of nitrogens with zero attached hydrogens (tertiary/aromatic N) is 2. The van der Waals surface area contributed by atoms with E-state index in [9.17, 15) is 23.1 Å². The molecule has 2 amide bonds. The number of rotatable bonds is 16. The number of sulfonamides is 1. The lowest BCUT2D eigenvalue weighted by Crippen LogP contribution is -2.38. The number of hydrogen-bond acceptors (Lipinski definition) is 8. The number of allylic oxidation sites excluding steroid dienone is 1. The maximum Gasteiger partial charge on any atom is 0.281 e. The van der Waals surface area contributed by atoms with Crippen molar-refractivity contribution in [2.24, 2.45) is 10.7 Å². The molecule has 0 saturated heterocycles. The number of amides is 2. The molecule has 0 unspecified atom stereocenters. The third-order valence-corrected chi connectivity index (χ3v) is 10.9. The molecule has 0 saturated carbocycles. The molecule has 5 aromatic rings. The minimum atomic E-state index is -4.20. The van der Waals surface area contributed by atoms with Crippen LogP contribution in [-0.2, 0) is 23.0 Å². The number of carbonyl (C=O) groups excluding carboxylic acids is 2. The van der Waals surface area contributed by atoms with Crippen molar-refractivity contribution in [2.75, 3.05) is 32.6 Å². The zero-order chi connectivity index (χ0) is 39.0. The van der Waals surface area contributed by atoms with Gasteiger partial charge < -0.3 is 30.4 Å². The molecule has 0 aliphatic heterocycles. The summed E-state index contributed by atoms with van der Waals surface area (Å²) in [4.78, 5) is 34.3. The third kappa shape index (κ3) is 9.40. The highest BCUT2D eigenvalue weighted by molar-refractivity contribution is 7.90. The van der Waals surface area contributed by atoms with E-state index in [1.54, 1.807) is 49.0 Å². The number of carbonyl (C=O) groups is 2. The van der Waals surface area contributed by atoms with E-state index in [2.05, 4.69) is 20.0 Å². The number of aromatic amines is 1. The standard InChI is InChI=1S/C40H45ClN6O6S/c1-25-21-29(22-26(2)36(25)41)53-19-10-15-31-30-13-8-14-32(35(27(3)43-4)33(42)24-48)37(30)45-38(31)40(50)46-54(51,52)20-17-44-39(49)34-16-9-18-47(34)23-28-11-6-5-7-12-28/h5-9,11-14,16,18,21-22,45,48H,10,15,17,19-20,23-24,42H2,1-4H3,(H,44,49)(H,46,50)/b35-33+,43-27?. The number of para-hydroxylation sites is 1. The van der Waals surface area contributed by atoms with Crippen LogP contribution in [0.15, 0.2) is 89.7 Å². The normalized spacial score (nSPS) is 12.4. The largest absolute Gasteiger partial charge is 0.494 e. The maximum atomic E-state index is 13.8. The fraction of sp³-hybridized carbons (Fsp3) is 0.275. The molecule has 0 aliphatic carbocycles. The van der Waals surface area contributed by atoms with Crippen molar-refractivity contribution in [3.8, 4) is 5.75 Å². The third-order valence-electron chi connectivity index (χ3n) is 9.04. The van der Waals surface area contributed by atoms with Crippen molar-refractivity contribution in [1.29, 1.82) is 0 Å². The van der Waals surface area contributed by atoms with Gasteiger partial charge in [-0.15, -0.1) is 0 Å². The Balaban J connectivity index is 1.35. The van der Waals surface area contributed by atoms with Crippen LogP contribution in [0.3, 0.4) is 0 Å². The van der Waals surface area contributed by atoms with Gasteiger partial charge in [-0.1, -0.05) is 60.1 Å². The van der Waals surface area contributed by atoms with Crippen molar-refractivity contribution < 1.29 is 27.9 Å². The van der Waals surface area contributed by atoms with E-state index in [0.29, 0.717) is 75.8 Å². The van der Waals surface area contributed by atoms with E-state index in [0.717, 1.165) is 16.7 Å². The summed E-state index contributed by atoms with van der Waals surface area (Å²) in [6.45, 7) is 5.70. The van der Waals surface area contributed by atoms with Gasteiger partial charge in [0.1, 0.15) is 17.1 Å². The lowest BCUT2D eigenvalue weighted by atomic mass is 9.96. The molecule has 0 spiro atoms. The Morgan fingerprint density at radius 2 is 1.74 bits per heavy atom. The van der Waals surface area contributed by atoms with Gasteiger partial charge in [-0.3, -0.25) is 14.6 Å². The SMILES string of the molecule is CN=C(C)/C(=C(\N)CO)c1cccc2c(CCCOc3cc(C)c(Cl)c(C)c3)c(C(=O)NS(=O)(=O)CCNC(=O)c3cccn3Cc3ccccc3)[nH]c12. The lowest BCUT2D eigenvalue weighted by Gasteiger charge is -2.12. The number of aliphatic hydroxyl groups is 1. The predicted molar refractivity (Wildman–Crippen MR) is 214 cm³/mol. The number of halogens is 1. The second kappa shape index (κ2) is 17.6. The van der Waals surface area contributed by atoms with Gasteiger partial charge in [0.15, 0.2) is 0 Å². The number of aliphatic hydroxyl groups excluding tert-OH is 1. The van der Waals surface area contributed by atoms with Gasteiger partial charge in [-0.05, 0) is 80.1 Å². The fourth-order valence-electron chi connectivity index (χ4n) is 6.33. The maximum absolute atomic E-state index is 13.8. The van der Waals surface area contributed by atoms with Crippen LogP contribution in [0.5, 0.6) is 5.75 Å². The van der Waals surface area contributed by atoms with Gasteiger partial charge >= 0.3 is 0 Å². The fourth-order valence-corrected chi connectivity index (χ4v) is 7.29. The molecule has 0 atom stereocenters. The Bertz CT molecular complexity index is 2310. The van der Waals surface area contributed by atoms with Crippen LogP contribution in [-0.4, -0.2) is 73.2 Å². The number of nitrogens with one attached hydrogen (secondary N) is 3. The number of nitrogens with two attached hydrogens (primary N) is 1. The molecule has 0 radical (unpaired) electrons. The van der Waals surface area contributed by atoms with E-state index in [1.165, 1.54) is 0 Å². The zero-order valence-corrected chi connectivity index (χ0v) is 32.3. The van der Waals surface area contributed by atoms with E-state index < -0.39 is 34.2 Å². The van der Waals surface area contributed by atoms with E-state index >= 15 is 0 Å². The molecule has 284 valence electrons. The summed E-state index contributed by atoms with van der Waals surface area (Å²) in [5.41, 5.74) is 12.4. The zero-order valence-electron chi connectivity index (χ0n) is 30.7. The summed E-state index contributed by atoms with van der Waals surface area (Å²) < 4.78 is 36.5. The highest BCUT2D eigenvalue weighted by Gasteiger charge is 2.25. The minimum absolute atomic E-state index is 0.0509. The number of ether oxygens (including phenoxy) is 1. The summed E-state index contributed by atoms with van der Waals surface area (Å²) in [7, 11) is -2.59. The van der Waals surface area contributed by atoms with Crippen molar-refractivity contribution in [1.82, 2.24) is 19.6 Å². The van der Waals surface area contributed by atoms with Gasteiger partial charge in [0.25, 0.3) is 11.8 Å². The first-order valence-corrected chi connectivity index (χ1v) is 19.4. The number of aryl methyl sites for hydroxylation is 3. The lowest BCUT2D eigenvalue weighted by molar-refractivity contribution is 0.0946. The molecular weight excluding hydrogens is 728 g/mol. The highest BCUT2D eigenvalue weighted by atomic mass is 35.5. The second-order valence-electron chi connectivity index (χ2n) is 12.9. The summed E-state index contributed by atoms with van der Waals surface area (Å²) in [6, 6.07) is 22.2. The Morgan fingerprint density at radius 1 is 1.02 bits per heavy atom. The Morgan fingerprint density at radius 3 is 2.43 bits per heavy atom. The number of hydrogen-bond donors (Lipinski definition) is 5. The number of aliphatic imine (C=N–C) groups is 1. The van der Waals surface area contributed by atoms with Crippen LogP contribution in [0.2, 0.25) is 5.02 Å². The van der Waals surface area contributed by atoms with Crippen LogP contribution < -0.4 is 20.5 Å². The summed E-state index contributed by atoms with van der Waals surface area (Å²) in [5, 5.41) is 14.0. The molecule has 3 aromatic carbocycles.